The maximum atomic E-state index is 12.4. The van der Waals surface area contributed by atoms with Crippen molar-refractivity contribution < 1.29 is 14.6 Å². The first-order valence-electron chi connectivity index (χ1n) is 10.4. The van der Waals surface area contributed by atoms with Crippen LogP contribution in [0.2, 0.25) is 0 Å². The minimum Gasteiger partial charge on any atom is -0.509 e. The fourth-order valence-electron chi connectivity index (χ4n) is 3.57. The van der Waals surface area contributed by atoms with Crippen molar-refractivity contribution in [2.24, 2.45) is 0 Å². The molecule has 0 bridgehead atoms. The van der Waals surface area contributed by atoms with Crippen molar-refractivity contribution in [1.29, 1.82) is 5.41 Å². The Kier molecular flexibility index (Phi) is 5.27. The van der Waals surface area contributed by atoms with E-state index in [1.165, 1.54) is 0 Å². The number of H-pyrrole nitrogens is 1. The van der Waals surface area contributed by atoms with Gasteiger partial charge in [0, 0.05) is 5.69 Å². The third-order valence-electron chi connectivity index (χ3n) is 5.71. The average Bonchev–Trinajstić information content (AvgIpc) is 3.27. The third-order valence-corrected chi connectivity index (χ3v) is 5.71. The predicted molar refractivity (Wildman–Crippen MR) is 122 cm³/mol. The molecule has 0 radical (unpaired) electrons. The van der Waals surface area contributed by atoms with Crippen LogP contribution < -0.4 is 4.90 Å². The highest BCUT2D eigenvalue weighted by atomic mass is 16.5. The molecule has 0 fully saturated rings. The van der Waals surface area contributed by atoms with Gasteiger partial charge in [-0.05, 0) is 68.7 Å². The van der Waals surface area contributed by atoms with Crippen LogP contribution in [0.3, 0.4) is 0 Å². The number of benzene rings is 2. The number of aromatic amines is 1. The van der Waals surface area contributed by atoms with E-state index in [0.717, 1.165) is 28.6 Å². The van der Waals surface area contributed by atoms with Gasteiger partial charge in [0.2, 0.25) is 0 Å². The fraction of sp³-hybridized carbons (Fsp3) is 0.292. The molecule has 1 aromatic heterocycles. The van der Waals surface area contributed by atoms with Crippen molar-refractivity contribution in [2.75, 3.05) is 11.4 Å². The van der Waals surface area contributed by atoms with E-state index in [4.69, 9.17) is 10.1 Å². The quantitative estimate of drug-likeness (QED) is 0.511. The van der Waals surface area contributed by atoms with Crippen LogP contribution in [0.25, 0.3) is 16.6 Å². The van der Waals surface area contributed by atoms with E-state index in [-0.39, 0.29) is 24.2 Å². The summed E-state index contributed by atoms with van der Waals surface area (Å²) in [7, 11) is 0. The first-order chi connectivity index (χ1) is 14.8. The standard InChI is InChI=1S/C24H26N4O3/c1-5-15(4)31-24(30)16-7-6-8-17(11-16)28-12-20(29)21(22(28)25)23-26-18-9-13(2)14(3)10-19(18)27-23/h6-11,15,25,29H,5,12H2,1-4H3,(H,26,27). The monoisotopic (exact) mass is 418 g/mol. The Morgan fingerprint density at radius 1 is 1.29 bits per heavy atom. The van der Waals surface area contributed by atoms with E-state index in [0.29, 0.717) is 22.6 Å². The molecule has 3 aromatic rings. The highest BCUT2D eigenvalue weighted by Crippen LogP contribution is 2.31. The van der Waals surface area contributed by atoms with Crippen molar-refractivity contribution in [1.82, 2.24) is 9.97 Å². The fourth-order valence-corrected chi connectivity index (χ4v) is 3.57. The number of imidazole rings is 1. The van der Waals surface area contributed by atoms with Crippen LogP contribution in [0.5, 0.6) is 0 Å². The molecule has 0 spiro atoms. The molecular formula is C24H26N4O3. The Morgan fingerprint density at radius 2 is 2.03 bits per heavy atom. The number of hydrogen-bond donors (Lipinski definition) is 3. The van der Waals surface area contributed by atoms with Crippen molar-refractivity contribution in [3.63, 3.8) is 0 Å². The summed E-state index contributed by atoms with van der Waals surface area (Å²) < 4.78 is 5.41. The molecule has 1 aliphatic rings. The van der Waals surface area contributed by atoms with E-state index in [1.807, 2.05) is 39.8 Å². The Hall–Kier alpha value is -3.61. The van der Waals surface area contributed by atoms with Gasteiger partial charge in [-0.3, -0.25) is 5.41 Å². The SMILES string of the molecule is CCC(C)OC(=O)c1cccc(N2CC(O)=C(c3nc4cc(C)c(C)cc4[nH]3)C2=N)c1. The molecule has 0 saturated heterocycles. The lowest BCUT2D eigenvalue weighted by molar-refractivity contribution is 0.0334. The third kappa shape index (κ3) is 3.79. The number of rotatable bonds is 5. The van der Waals surface area contributed by atoms with Gasteiger partial charge < -0.3 is 19.7 Å². The van der Waals surface area contributed by atoms with E-state index in [1.54, 1.807) is 29.2 Å². The van der Waals surface area contributed by atoms with E-state index >= 15 is 0 Å². The van der Waals surface area contributed by atoms with Crippen molar-refractivity contribution >= 4 is 34.1 Å². The second-order valence-corrected chi connectivity index (χ2v) is 7.97. The summed E-state index contributed by atoms with van der Waals surface area (Å²) in [5.74, 6) is 0.238. The average molecular weight is 418 g/mol. The Balaban J connectivity index is 1.62. The summed E-state index contributed by atoms with van der Waals surface area (Å²) in [5.41, 5.74) is 5.33. The summed E-state index contributed by atoms with van der Waals surface area (Å²) >= 11 is 0. The largest absolute Gasteiger partial charge is 0.509 e. The number of ether oxygens (including phenoxy) is 1. The lowest BCUT2D eigenvalue weighted by Gasteiger charge is -2.19. The summed E-state index contributed by atoms with van der Waals surface area (Å²) in [6, 6.07) is 10.9. The Bertz CT molecular complexity index is 1190. The highest BCUT2D eigenvalue weighted by molar-refractivity contribution is 6.30. The van der Waals surface area contributed by atoms with E-state index in [9.17, 15) is 9.90 Å². The van der Waals surface area contributed by atoms with Gasteiger partial charge in [-0.2, -0.15) is 0 Å². The molecule has 160 valence electrons. The van der Waals surface area contributed by atoms with Gasteiger partial charge in [0.15, 0.2) is 0 Å². The number of aryl methyl sites for hydroxylation is 2. The number of aliphatic hydroxyl groups excluding tert-OH is 1. The molecule has 31 heavy (non-hydrogen) atoms. The minimum absolute atomic E-state index is 0.0603. The normalized spacial score (nSPS) is 15.1. The second-order valence-electron chi connectivity index (χ2n) is 7.97. The summed E-state index contributed by atoms with van der Waals surface area (Å²) in [4.78, 5) is 21.9. The molecule has 1 aliphatic heterocycles. The lowest BCUT2D eigenvalue weighted by Crippen LogP contribution is -2.26. The topological polar surface area (TPSA) is 102 Å². The molecule has 3 N–H and O–H groups in total. The molecule has 2 aromatic carbocycles. The first-order valence-corrected chi connectivity index (χ1v) is 10.4. The van der Waals surface area contributed by atoms with Crippen LogP contribution in [0, 0.1) is 19.3 Å². The number of nitrogens with one attached hydrogen (secondary N) is 2. The molecule has 0 aliphatic carbocycles. The van der Waals surface area contributed by atoms with Crippen LogP contribution in [0.15, 0.2) is 42.2 Å². The smallest absolute Gasteiger partial charge is 0.338 e. The van der Waals surface area contributed by atoms with Gasteiger partial charge in [-0.1, -0.05) is 13.0 Å². The van der Waals surface area contributed by atoms with Crippen LogP contribution in [0.1, 0.15) is 47.6 Å². The number of aliphatic hydroxyl groups is 1. The first kappa shape index (κ1) is 20.7. The Morgan fingerprint density at radius 3 is 2.77 bits per heavy atom. The summed E-state index contributed by atoms with van der Waals surface area (Å²) in [6.45, 7) is 8.00. The molecule has 7 nitrogen and oxygen atoms in total. The molecule has 7 heteroatoms. The van der Waals surface area contributed by atoms with Gasteiger partial charge in [-0.25, -0.2) is 9.78 Å². The molecule has 1 unspecified atom stereocenters. The summed E-state index contributed by atoms with van der Waals surface area (Å²) in [5, 5.41) is 19.3. The van der Waals surface area contributed by atoms with Crippen LogP contribution in [0.4, 0.5) is 5.69 Å². The zero-order valence-corrected chi connectivity index (χ0v) is 18.1. The number of carbonyl (C=O) groups is 1. The van der Waals surface area contributed by atoms with Gasteiger partial charge in [-0.15, -0.1) is 0 Å². The number of esters is 1. The molecular weight excluding hydrogens is 392 g/mol. The number of aromatic nitrogens is 2. The van der Waals surface area contributed by atoms with Crippen LogP contribution in [-0.2, 0) is 4.74 Å². The van der Waals surface area contributed by atoms with Crippen molar-refractivity contribution in [3.05, 3.63) is 64.7 Å². The second kappa shape index (κ2) is 7.91. The van der Waals surface area contributed by atoms with Gasteiger partial charge in [0.05, 0.1) is 34.8 Å². The molecule has 2 heterocycles. The lowest BCUT2D eigenvalue weighted by atomic mass is 10.1. The highest BCUT2D eigenvalue weighted by Gasteiger charge is 2.31. The Labute approximate surface area is 180 Å². The van der Waals surface area contributed by atoms with Gasteiger partial charge in [0.1, 0.15) is 17.4 Å². The maximum Gasteiger partial charge on any atom is 0.338 e. The number of hydrogen-bond acceptors (Lipinski definition) is 5. The van der Waals surface area contributed by atoms with Gasteiger partial charge in [0.25, 0.3) is 0 Å². The molecule has 0 amide bonds. The predicted octanol–water partition coefficient (Wildman–Crippen LogP) is 4.90. The maximum absolute atomic E-state index is 12.4. The number of carbonyl (C=O) groups excluding carboxylic acids is 1. The van der Waals surface area contributed by atoms with E-state index in [2.05, 4.69) is 9.97 Å². The van der Waals surface area contributed by atoms with Crippen LogP contribution in [-0.4, -0.2) is 39.5 Å². The van der Waals surface area contributed by atoms with Crippen molar-refractivity contribution in [2.45, 2.75) is 40.2 Å². The zero-order chi connectivity index (χ0) is 22.3. The van der Waals surface area contributed by atoms with Crippen LogP contribution >= 0.6 is 0 Å². The number of amidine groups is 1. The summed E-state index contributed by atoms with van der Waals surface area (Å²) in [6.07, 6.45) is 0.568. The number of nitrogens with zero attached hydrogens (tertiary/aromatic N) is 2. The van der Waals surface area contributed by atoms with Crippen molar-refractivity contribution in [3.8, 4) is 0 Å². The minimum atomic E-state index is -0.401. The van der Waals surface area contributed by atoms with E-state index < -0.39 is 5.97 Å². The molecule has 0 saturated carbocycles. The zero-order valence-electron chi connectivity index (χ0n) is 18.1. The number of fused-ring (bicyclic) bond motifs is 1. The number of anilines is 1. The van der Waals surface area contributed by atoms with Gasteiger partial charge >= 0.3 is 5.97 Å². The molecule has 1 atom stereocenters. The molecule has 4 rings (SSSR count).